The fourth-order valence-electron chi connectivity index (χ4n) is 3.75. The molecule has 3 heterocycles. The number of nitrogens with zero attached hydrogens (tertiary/aromatic N) is 3. The Morgan fingerprint density at radius 3 is 2.42 bits per heavy atom. The van der Waals surface area contributed by atoms with Gasteiger partial charge in [0.2, 0.25) is 11.9 Å². The summed E-state index contributed by atoms with van der Waals surface area (Å²) in [5, 5.41) is 9.26. The normalized spacial score (nSPS) is 24.0. The first-order valence-electron chi connectivity index (χ1n) is 8.98. The van der Waals surface area contributed by atoms with E-state index in [2.05, 4.69) is 9.98 Å². The molecule has 3 rings (SSSR count). The zero-order valence-corrected chi connectivity index (χ0v) is 15.0. The lowest BCUT2D eigenvalue weighted by Gasteiger charge is -2.35. The van der Waals surface area contributed by atoms with Crippen molar-refractivity contribution in [1.29, 1.82) is 0 Å². The van der Waals surface area contributed by atoms with E-state index in [0.29, 0.717) is 18.4 Å². The fourth-order valence-corrected chi connectivity index (χ4v) is 3.75. The summed E-state index contributed by atoms with van der Waals surface area (Å²) in [7, 11) is 0. The van der Waals surface area contributed by atoms with Gasteiger partial charge in [-0.05, 0) is 64.5 Å². The Balaban J connectivity index is 1.91. The van der Waals surface area contributed by atoms with Gasteiger partial charge in [0.05, 0.1) is 6.04 Å². The average Bonchev–Trinajstić information content (AvgIpc) is 2.62. The van der Waals surface area contributed by atoms with E-state index in [-0.39, 0.29) is 0 Å². The summed E-state index contributed by atoms with van der Waals surface area (Å²) >= 11 is 0. The number of halogens is 2. The number of pyridine rings is 1. The highest BCUT2D eigenvalue weighted by atomic mass is 19.1. The number of carboxylic acids is 1. The lowest BCUT2D eigenvalue weighted by molar-refractivity contribution is -0.138. The van der Waals surface area contributed by atoms with Crippen molar-refractivity contribution in [3.8, 4) is 0 Å². The number of hydrogen-bond donors (Lipinski definition) is 1. The lowest BCUT2D eigenvalue weighted by Crippen LogP contribution is -2.38. The number of carbonyl (C=O) groups is 1. The number of rotatable bonds is 4. The van der Waals surface area contributed by atoms with Gasteiger partial charge in [-0.15, -0.1) is 0 Å². The van der Waals surface area contributed by atoms with Crippen molar-refractivity contribution in [2.45, 2.75) is 64.5 Å². The number of aliphatic imine (C=N–C) groups is 2. The van der Waals surface area contributed by atoms with Gasteiger partial charge < -0.3 is 5.11 Å². The summed E-state index contributed by atoms with van der Waals surface area (Å²) in [6, 6.07) is 1.46. The molecule has 0 saturated carbocycles. The highest BCUT2D eigenvalue weighted by Gasteiger charge is 2.36. The quantitative estimate of drug-likeness (QED) is 0.817. The first-order valence-corrected chi connectivity index (χ1v) is 8.98. The third-order valence-corrected chi connectivity index (χ3v) is 5.34. The van der Waals surface area contributed by atoms with E-state index in [0.717, 1.165) is 43.2 Å². The summed E-state index contributed by atoms with van der Waals surface area (Å²) in [6.45, 7) is 3.99. The van der Waals surface area contributed by atoms with Crippen LogP contribution in [-0.4, -0.2) is 33.5 Å². The zero-order valence-electron chi connectivity index (χ0n) is 15.0. The Labute approximate surface area is 151 Å². The highest BCUT2D eigenvalue weighted by molar-refractivity contribution is 6.12. The highest BCUT2D eigenvalue weighted by Crippen LogP contribution is 2.37. The van der Waals surface area contributed by atoms with Crippen LogP contribution in [-0.2, 0) is 4.79 Å². The molecule has 2 atom stereocenters. The van der Waals surface area contributed by atoms with Crippen molar-refractivity contribution in [1.82, 2.24) is 4.98 Å². The second-order valence-electron chi connectivity index (χ2n) is 7.44. The van der Waals surface area contributed by atoms with E-state index in [1.54, 1.807) is 0 Å². The third kappa shape index (κ3) is 3.66. The summed E-state index contributed by atoms with van der Waals surface area (Å²) in [6.07, 6.45) is 4.35. The number of hydrogen-bond acceptors (Lipinski definition) is 4. The van der Waals surface area contributed by atoms with Crippen LogP contribution < -0.4 is 0 Å². The largest absolute Gasteiger partial charge is 0.480 e. The number of aromatic nitrogens is 1. The lowest BCUT2D eigenvalue weighted by atomic mass is 9.75. The van der Waals surface area contributed by atoms with E-state index in [1.807, 2.05) is 13.8 Å². The Hall–Kier alpha value is -2.18. The summed E-state index contributed by atoms with van der Waals surface area (Å²) in [5.74, 6) is -2.57. The Morgan fingerprint density at radius 2 is 1.77 bits per heavy atom. The minimum atomic E-state index is -0.902. The summed E-state index contributed by atoms with van der Waals surface area (Å²) in [4.78, 5) is 23.8. The molecule has 7 heteroatoms. The van der Waals surface area contributed by atoms with Gasteiger partial charge in [-0.1, -0.05) is 0 Å². The molecule has 0 bridgehead atoms. The molecule has 140 valence electrons. The molecule has 1 aromatic rings. The molecule has 0 amide bonds. The molecule has 0 fully saturated rings. The maximum Gasteiger partial charge on any atom is 0.328 e. The van der Waals surface area contributed by atoms with Crippen LogP contribution in [0, 0.1) is 17.3 Å². The van der Waals surface area contributed by atoms with E-state index in [9.17, 15) is 18.7 Å². The van der Waals surface area contributed by atoms with Crippen LogP contribution in [0.3, 0.4) is 0 Å². The monoisotopic (exact) mass is 363 g/mol. The Morgan fingerprint density at radius 1 is 1.12 bits per heavy atom. The molecular formula is C19H23F2N3O2. The predicted molar refractivity (Wildman–Crippen MR) is 94.7 cm³/mol. The second-order valence-corrected chi connectivity index (χ2v) is 7.44. The molecule has 0 aromatic carbocycles. The molecule has 26 heavy (non-hydrogen) atoms. The first kappa shape index (κ1) is 18.6. The Kier molecular flexibility index (Phi) is 5.16. The molecule has 1 aromatic heterocycles. The number of carboxylic acid groups (broad SMARTS) is 1. The van der Waals surface area contributed by atoms with Gasteiger partial charge in [0.15, 0.2) is 0 Å². The molecule has 2 aliphatic rings. The van der Waals surface area contributed by atoms with Crippen LogP contribution in [0.5, 0.6) is 0 Å². The zero-order chi connectivity index (χ0) is 18.9. The topological polar surface area (TPSA) is 74.9 Å². The molecule has 2 aliphatic heterocycles. The van der Waals surface area contributed by atoms with Crippen molar-refractivity contribution < 1.29 is 18.7 Å². The van der Waals surface area contributed by atoms with E-state index >= 15 is 0 Å². The standard InChI is InChI=1S/C19H23F2N3O2/c1-19(2,15-8-4-6-13(23-15)18(25)26)14-7-3-5-12(22-14)11-9-10-16(20)24-17(11)21/h9-10,12-13H,3-8H2,1-2H3,(H,25,26). The Bertz CT molecular complexity index is 774. The maximum absolute atomic E-state index is 14.0. The van der Waals surface area contributed by atoms with Crippen LogP contribution >= 0.6 is 0 Å². The minimum Gasteiger partial charge on any atom is -0.480 e. The second kappa shape index (κ2) is 7.21. The van der Waals surface area contributed by atoms with Crippen molar-refractivity contribution in [2.24, 2.45) is 15.4 Å². The molecule has 1 N–H and O–H groups in total. The van der Waals surface area contributed by atoms with Crippen molar-refractivity contribution in [3.63, 3.8) is 0 Å². The van der Waals surface area contributed by atoms with Crippen LogP contribution in [0.1, 0.15) is 64.0 Å². The molecule has 0 spiro atoms. The average molecular weight is 363 g/mol. The smallest absolute Gasteiger partial charge is 0.328 e. The van der Waals surface area contributed by atoms with E-state index in [1.165, 1.54) is 6.07 Å². The van der Waals surface area contributed by atoms with Crippen LogP contribution in [0.4, 0.5) is 8.78 Å². The number of aliphatic carboxylic acids is 1. The summed E-state index contributed by atoms with van der Waals surface area (Å²) < 4.78 is 27.1. The maximum atomic E-state index is 14.0. The minimum absolute atomic E-state index is 0.299. The fraction of sp³-hybridized carbons (Fsp3) is 0.579. The van der Waals surface area contributed by atoms with Crippen LogP contribution in [0.25, 0.3) is 0 Å². The first-order chi connectivity index (χ1) is 12.3. The van der Waals surface area contributed by atoms with Crippen molar-refractivity contribution in [2.75, 3.05) is 0 Å². The van der Waals surface area contributed by atoms with Gasteiger partial charge >= 0.3 is 5.97 Å². The SMILES string of the molecule is CC(C)(C1=NC(C(=O)O)CCC1)C1=NC(c2ccc(F)nc2F)CCC1. The molecule has 0 aliphatic carbocycles. The molecular weight excluding hydrogens is 340 g/mol. The molecule has 0 radical (unpaired) electrons. The van der Waals surface area contributed by atoms with Gasteiger partial charge in [0.1, 0.15) is 6.04 Å². The predicted octanol–water partition coefficient (Wildman–Crippen LogP) is 4.13. The molecule has 0 saturated heterocycles. The van der Waals surface area contributed by atoms with Gasteiger partial charge in [0.25, 0.3) is 0 Å². The van der Waals surface area contributed by atoms with Gasteiger partial charge in [-0.25, -0.2) is 4.79 Å². The van der Waals surface area contributed by atoms with Crippen LogP contribution in [0.2, 0.25) is 0 Å². The van der Waals surface area contributed by atoms with Gasteiger partial charge in [0, 0.05) is 22.4 Å². The molecule has 5 nitrogen and oxygen atoms in total. The van der Waals surface area contributed by atoms with Crippen molar-refractivity contribution in [3.05, 3.63) is 29.6 Å². The van der Waals surface area contributed by atoms with Gasteiger partial charge in [-0.3, -0.25) is 9.98 Å². The van der Waals surface area contributed by atoms with Crippen molar-refractivity contribution >= 4 is 17.4 Å². The van der Waals surface area contributed by atoms with Crippen LogP contribution in [0.15, 0.2) is 22.1 Å². The van der Waals surface area contributed by atoms with E-state index < -0.39 is 35.4 Å². The summed E-state index contributed by atoms with van der Waals surface area (Å²) in [5.41, 5.74) is 1.56. The molecule has 2 unspecified atom stereocenters. The van der Waals surface area contributed by atoms with E-state index in [4.69, 9.17) is 4.99 Å². The third-order valence-electron chi connectivity index (χ3n) is 5.34. The van der Waals surface area contributed by atoms with Gasteiger partial charge in [-0.2, -0.15) is 13.8 Å².